The monoisotopic (exact) mass is 478 g/mol. The zero-order valence-electron chi connectivity index (χ0n) is 19.3. The first-order valence-corrected chi connectivity index (χ1v) is 12.5. The van der Waals surface area contributed by atoms with Crippen LogP contribution in [0.1, 0.15) is 37.6 Å². The first kappa shape index (κ1) is 24.5. The van der Waals surface area contributed by atoms with Crippen LogP contribution in [0.25, 0.3) is 0 Å². The van der Waals surface area contributed by atoms with Crippen molar-refractivity contribution in [3.8, 4) is 23.0 Å². The van der Waals surface area contributed by atoms with E-state index in [1.807, 2.05) is 20.8 Å². The fourth-order valence-electron chi connectivity index (χ4n) is 3.59. The summed E-state index contributed by atoms with van der Waals surface area (Å²) in [6.07, 6.45) is 0.558. The van der Waals surface area contributed by atoms with Gasteiger partial charge >= 0.3 is 0 Å². The Morgan fingerprint density at radius 1 is 0.970 bits per heavy atom. The van der Waals surface area contributed by atoms with Gasteiger partial charge in [0.25, 0.3) is 5.91 Å². The van der Waals surface area contributed by atoms with Crippen LogP contribution in [-0.2, 0) is 10.0 Å². The summed E-state index contributed by atoms with van der Waals surface area (Å²) in [6, 6.07) is 8.07. The minimum Gasteiger partial charge on any atom is -0.495 e. The second-order valence-electron chi connectivity index (χ2n) is 7.18. The van der Waals surface area contributed by atoms with E-state index in [0.29, 0.717) is 72.7 Å². The Balaban J connectivity index is 1.97. The van der Waals surface area contributed by atoms with Crippen molar-refractivity contribution in [2.45, 2.75) is 27.2 Å². The zero-order chi connectivity index (χ0) is 24.0. The summed E-state index contributed by atoms with van der Waals surface area (Å²) in [5.74, 6) is 1.33. The minimum absolute atomic E-state index is 0.104. The zero-order valence-corrected chi connectivity index (χ0v) is 20.2. The van der Waals surface area contributed by atoms with Gasteiger partial charge in [0.1, 0.15) is 5.75 Å². The van der Waals surface area contributed by atoms with Crippen LogP contribution >= 0.6 is 0 Å². The fourth-order valence-corrected chi connectivity index (χ4v) is 5.15. The van der Waals surface area contributed by atoms with E-state index in [4.69, 9.17) is 18.9 Å². The van der Waals surface area contributed by atoms with Crippen molar-refractivity contribution in [2.24, 2.45) is 0 Å². The number of benzene rings is 2. The average Bonchev–Trinajstić information content (AvgIpc) is 3.14. The molecule has 1 N–H and O–H groups in total. The van der Waals surface area contributed by atoms with Gasteiger partial charge in [-0.15, -0.1) is 0 Å². The Labute approximate surface area is 194 Å². The van der Waals surface area contributed by atoms with Crippen molar-refractivity contribution in [2.75, 3.05) is 48.9 Å². The highest BCUT2D eigenvalue weighted by Crippen LogP contribution is 2.40. The fraction of sp³-hybridized carbons (Fsp3) is 0.435. The SMILES string of the molecule is CCOc1cc(C(=O)Nc2cc(N3CCCS3(=O)=O)ccc2OC)cc(OCC)c1OCC. The standard InChI is InChI=1S/C23H30N2O7S/c1-5-30-20-13-16(14-21(31-6-2)22(20)32-7-3)23(26)24-18-15-17(9-10-19(18)29-4)25-11-8-12-33(25,27)28/h9-10,13-15H,5-8,11-12H2,1-4H3,(H,24,26). The number of carbonyl (C=O) groups excluding carboxylic acids is 1. The number of rotatable bonds is 10. The van der Waals surface area contributed by atoms with Gasteiger partial charge in [0.05, 0.1) is 44.1 Å². The molecule has 1 saturated heterocycles. The molecule has 33 heavy (non-hydrogen) atoms. The summed E-state index contributed by atoms with van der Waals surface area (Å²) in [4.78, 5) is 13.2. The molecule has 3 rings (SSSR count). The lowest BCUT2D eigenvalue weighted by Gasteiger charge is -2.20. The maximum absolute atomic E-state index is 13.2. The molecule has 9 nitrogen and oxygen atoms in total. The maximum atomic E-state index is 13.2. The van der Waals surface area contributed by atoms with E-state index in [1.54, 1.807) is 30.3 Å². The van der Waals surface area contributed by atoms with Crippen LogP contribution in [-0.4, -0.2) is 53.6 Å². The predicted octanol–water partition coefficient (Wildman–Crippen LogP) is 3.68. The van der Waals surface area contributed by atoms with Crippen LogP contribution in [0.15, 0.2) is 30.3 Å². The van der Waals surface area contributed by atoms with E-state index in [-0.39, 0.29) is 5.75 Å². The van der Waals surface area contributed by atoms with Gasteiger partial charge < -0.3 is 24.3 Å². The van der Waals surface area contributed by atoms with Crippen molar-refractivity contribution < 1.29 is 32.2 Å². The second-order valence-corrected chi connectivity index (χ2v) is 9.19. The Morgan fingerprint density at radius 2 is 1.61 bits per heavy atom. The van der Waals surface area contributed by atoms with Gasteiger partial charge in [-0.3, -0.25) is 9.10 Å². The first-order chi connectivity index (χ1) is 15.8. The van der Waals surface area contributed by atoms with Crippen molar-refractivity contribution in [1.82, 2.24) is 0 Å². The molecule has 10 heteroatoms. The van der Waals surface area contributed by atoms with E-state index in [2.05, 4.69) is 5.32 Å². The van der Waals surface area contributed by atoms with Crippen molar-refractivity contribution in [1.29, 1.82) is 0 Å². The third kappa shape index (κ3) is 5.44. The van der Waals surface area contributed by atoms with Crippen LogP contribution in [0.5, 0.6) is 23.0 Å². The van der Waals surface area contributed by atoms with Crippen LogP contribution < -0.4 is 28.6 Å². The number of amides is 1. The highest BCUT2D eigenvalue weighted by molar-refractivity contribution is 7.93. The molecule has 0 unspecified atom stereocenters. The number of nitrogens with one attached hydrogen (secondary N) is 1. The summed E-state index contributed by atoms with van der Waals surface area (Å²) in [6.45, 7) is 7.11. The third-order valence-corrected chi connectivity index (χ3v) is 6.86. The third-order valence-electron chi connectivity index (χ3n) is 4.99. The lowest BCUT2D eigenvalue weighted by atomic mass is 10.1. The van der Waals surface area contributed by atoms with Gasteiger partial charge in [-0.1, -0.05) is 0 Å². The molecular weight excluding hydrogens is 448 g/mol. The van der Waals surface area contributed by atoms with E-state index in [0.717, 1.165) is 0 Å². The molecule has 180 valence electrons. The number of hydrogen-bond acceptors (Lipinski definition) is 7. The first-order valence-electron chi connectivity index (χ1n) is 10.9. The quantitative estimate of drug-likeness (QED) is 0.555. The predicted molar refractivity (Wildman–Crippen MR) is 127 cm³/mol. The second kappa shape index (κ2) is 10.7. The van der Waals surface area contributed by atoms with Crippen molar-refractivity contribution in [3.05, 3.63) is 35.9 Å². The molecular formula is C23H30N2O7S. The molecule has 1 fully saturated rings. The van der Waals surface area contributed by atoms with Crippen LogP contribution in [0.3, 0.4) is 0 Å². The van der Waals surface area contributed by atoms with E-state index < -0.39 is 15.9 Å². The van der Waals surface area contributed by atoms with Crippen molar-refractivity contribution in [3.63, 3.8) is 0 Å². The number of carbonyl (C=O) groups is 1. The maximum Gasteiger partial charge on any atom is 0.256 e. The van der Waals surface area contributed by atoms with E-state index in [1.165, 1.54) is 11.4 Å². The molecule has 0 bridgehead atoms. The largest absolute Gasteiger partial charge is 0.495 e. The van der Waals surface area contributed by atoms with Gasteiger partial charge in [-0.05, 0) is 57.5 Å². The highest BCUT2D eigenvalue weighted by atomic mass is 32.2. The van der Waals surface area contributed by atoms with Gasteiger partial charge in [0.2, 0.25) is 15.8 Å². The van der Waals surface area contributed by atoms with Crippen molar-refractivity contribution >= 4 is 27.3 Å². The van der Waals surface area contributed by atoms with Crippen LogP contribution in [0.2, 0.25) is 0 Å². The summed E-state index contributed by atoms with van der Waals surface area (Å²) in [5, 5.41) is 2.82. The lowest BCUT2D eigenvalue weighted by molar-refractivity contribution is 0.102. The summed E-state index contributed by atoms with van der Waals surface area (Å²) in [5.41, 5.74) is 1.12. The highest BCUT2D eigenvalue weighted by Gasteiger charge is 2.29. The molecule has 0 atom stereocenters. The van der Waals surface area contributed by atoms with Gasteiger partial charge in [-0.2, -0.15) is 0 Å². The molecule has 1 aliphatic rings. The molecule has 1 aliphatic heterocycles. The Kier molecular flexibility index (Phi) is 7.91. The number of methoxy groups -OCH3 is 1. The topological polar surface area (TPSA) is 103 Å². The Hall–Kier alpha value is -3.14. The molecule has 0 spiro atoms. The van der Waals surface area contributed by atoms with Gasteiger partial charge in [0, 0.05) is 12.1 Å². The van der Waals surface area contributed by atoms with Gasteiger partial charge in [0.15, 0.2) is 11.5 Å². The lowest BCUT2D eigenvalue weighted by Crippen LogP contribution is -2.25. The Bertz CT molecular complexity index is 1070. The molecule has 0 aromatic heterocycles. The Morgan fingerprint density at radius 3 is 2.12 bits per heavy atom. The molecule has 1 amide bonds. The number of ether oxygens (including phenoxy) is 4. The number of hydrogen-bond donors (Lipinski definition) is 1. The molecule has 0 radical (unpaired) electrons. The van der Waals surface area contributed by atoms with Gasteiger partial charge in [-0.25, -0.2) is 8.42 Å². The summed E-state index contributed by atoms with van der Waals surface area (Å²) < 4.78 is 48.4. The molecule has 1 heterocycles. The van der Waals surface area contributed by atoms with E-state index >= 15 is 0 Å². The molecule has 2 aromatic carbocycles. The summed E-state index contributed by atoms with van der Waals surface area (Å²) >= 11 is 0. The van der Waals surface area contributed by atoms with E-state index in [9.17, 15) is 13.2 Å². The smallest absolute Gasteiger partial charge is 0.256 e. The average molecular weight is 479 g/mol. The number of sulfonamides is 1. The summed E-state index contributed by atoms with van der Waals surface area (Å²) in [7, 11) is -1.88. The molecule has 0 aliphatic carbocycles. The normalized spacial score (nSPS) is 14.6. The number of nitrogens with zero attached hydrogens (tertiary/aromatic N) is 1. The molecule has 2 aromatic rings. The minimum atomic E-state index is -3.36. The van der Waals surface area contributed by atoms with Crippen LogP contribution in [0, 0.1) is 0 Å². The van der Waals surface area contributed by atoms with Crippen LogP contribution in [0.4, 0.5) is 11.4 Å². The number of anilines is 2. The molecule has 0 saturated carbocycles.